The van der Waals surface area contributed by atoms with Gasteiger partial charge in [-0.25, -0.2) is 4.72 Å². The van der Waals surface area contributed by atoms with Crippen LogP contribution < -0.4 is 10.0 Å². The van der Waals surface area contributed by atoms with Crippen molar-refractivity contribution in [1.29, 1.82) is 0 Å². The predicted molar refractivity (Wildman–Crippen MR) is 88.5 cm³/mol. The van der Waals surface area contributed by atoms with Crippen LogP contribution in [0.4, 0.5) is 0 Å². The molecule has 1 aliphatic heterocycles. The van der Waals surface area contributed by atoms with Crippen molar-refractivity contribution in [2.75, 3.05) is 32.7 Å². The van der Waals surface area contributed by atoms with Gasteiger partial charge in [0.1, 0.15) is 0 Å². The molecule has 0 saturated carbocycles. The van der Waals surface area contributed by atoms with E-state index in [0.29, 0.717) is 31.5 Å². The lowest BCUT2D eigenvalue weighted by Crippen LogP contribution is -2.47. The normalized spacial score (nSPS) is 18.5. The second-order valence-corrected chi connectivity index (χ2v) is 7.84. The molecule has 126 valence electrons. The summed E-state index contributed by atoms with van der Waals surface area (Å²) in [5.41, 5.74) is 0. The number of hydrogen-bond donors (Lipinski definition) is 2. The Morgan fingerprint density at radius 3 is 2.29 bits per heavy atom. The van der Waals surface area contributed by atoms with Crippen LogP contribution in [0.15, 0.2) is 0 Å². The van der Waals surface area contributed by atoms with Gasteiger partial charge in [0.05, 0.1) is 0 Å². The summed E-state index contributed by atoms with van der Waals surface area (Å²) in [6.07, 6.45) is 5.10. The van der Waals surface area contributed by atoms with Crippen LogP contribution in [0.3, 0.4) is 0 Å². The second-order valence-electron chi connectivity index (χ2n) is 6.08. The summed E-state index contributed by atoms with van der Waals surface area (Å²) in [6.45, 7) is 10.3. The Kier molecular flexibility index (Phi) is 8.78. The zero-order chi connectivity index (χ0) is 15.7. The third-order valence-electron chi connectivity index (χ3n) is 4.48. The molecule has 0 radical (unpaired) electrons. The third kappa shape index (κ3) is 6.63. The molecule has 0 amide bonds. The zero-order valence-corrected chi connectivity index (χ0v) is 14.7. The van der Waals surface area contributed by atoms with Crippen LogP contribution in [-0.2, 0) is 10.2 Å². The van der Waals surface area contributed by atoms with Crippen molar-refractivity contribution in [1.82, 2.24) is 14.3 Å². The van der Waals surface area contributed by atoms with Gasteiger partial charge >= 0.3 is 0 Å². The Balaban J connectivity index is 2.34. The molecule has 0 aromatic heterocycles. The van der Waals surface area contributed by atoms with Gasteiger partial charge in [-0.2, -0.15) is 12.7 Å². The molecule has 0 unspecified atom stereocenters. The smallest absolute Gasteiger partial charge is 0.279 e. The lowest BCUT2D eigenvalue weighted by Gasteiger charge is -2.31. The van der Waals surface area contributed by atoms with Crippen LogP contribution in [0.1, 0.15) is 52.9 Å². The summed E-state index contributed by atoms with van der Waals surface area (Å²) < 4.78 is 29.0. The van der Waals surface area contributed by atoms with Crippen molar-refractivity contribution in [3.8, 4) is 0 Å². The van der Waals surface area contributed by atoms with Gasteiger partial charge in [-0.15, -0.1) is 0 Å². The van der Waals surface area contributed by atoms with Crippen molar-refractivity contribution < 1.29 is 8.42 Å². The molecule has 5 nitrogen and oxygen atoms in total. The monoisotopic (exact) mass is 319 g/mol. The molecule has 1 heterocycles. The number of nitrogens with zero attached hydrogens (tertiary/aromatic N) is 1. The van der Waals surface area contributed by atoms with E-state index in [0.717, 1.165) is 45.2 Å². The van der Waals surface area contributed by atoms with Crippen LogP contribution >= 0.6 is 0 Å². The van der Waals surface area contributed by atoms with Crippen LogP contribution in [0, 0.1) is 11.8 Å². The maximum absolute atomic E-state index is 12.3. The number of nitrogens with one attached hydrogen (secondary N) is 2. The lowest BCUT2D eigenvalue weighted by molar-refractivity contribution is 0.264. The molecule has 0 spiro atoms. The van der Waals surface area contributed by atoms with Crippen LogP contribution in [0.5, 0.6) is 0 Å². The first-order valence-corrected chi connectivity index (χ1v) is 9.92. The Labute approximate surface area is 131 Å². The van der Waals surface area contributed by atoms with E-state index in [-0.39, 0.29) is 0 Å². The van der Waals surface area contributed by atoms with Crippen molar-refractivity contribution in [3.63, 3.8) is 0 Å². The maximum atomic E-state index is 12.3. The average Bonchev–Trinajstić information content (AvgIpc) is 2.49. The van der Waals surface area contributed by atoms with E-state index in [4.69, 9.17) is 0 Å². The maximum Gasteiger partial charge on any atom is 0.279 e. The lowest BCUT2D eigenvalue weighted by atomic mass is 9.98. The van der Waals surface area contributed by atoms with Gasteiger partial charge in [0.25, 0.3) is 10.2 Å². The highest BCUT2D eigenvalue weighted by Gasteiger charge is 2.27. The molecule has 0 atom stereocenters. The first kappa shape index (κ1) is 18.9. The van der Waals surface area contributed by atoms with Crippen molar-refractivity contribution in [2.24, 2.45) is 11.8 Å². The van der Waals surface area contributed by atoms with E-state index in [1.54, 1.807) is 4.31 Å². The van der Waals surface area contributed by atoms with Gasteiger partial charge in [0.15, 0.2) is 0 Å². The first-order valence-electron chi connectivity index (χ1n) is 8.48. The quantitative estimate of drug-likeness (QED) is 0.605. The minimum absolute atomic E-state index is 0.440. The molecule has 0 aromatic rings. The molecule has 21 heavy (non-hydrogen) atoms. The minimum atomic E-state index is -3.28. The summed E-state index contributed by atoms with van der Waals surface area (Å²) in [5.74, 6) is 1.05. The molecule has 0 aliphatic carbocycles. The topological polar surface area (TPSA) is 61.4 Å². The highest BCUT2D eigenvalue weighted by molar-refractivity contribution is 7.87. The fraction of sp³-hybridized carbons (Fsp3) is 1.00. The van der Waals surface area contributed by atoms with Gasteiger partial charge < -0.3 is 5.32 Å². The average molecular weight is 320 g/mol. The fourth-order valence-electron chi connectivity index (χ4n) is 2.73. The largest absolute Gasteiger partial charge is 0.316 e. The van der Waals surface area contributed by atoms with Crippen molar-refractivity contribution >= 4 is 10.2 Å². The number of hydrogen-bond acceptors (Lipinski definition) is 3. The Bertz CT molecular complexity index is 361. The summed E-state index contributed by atoms with van der Waals surface area (Å²) in [4.78, 5) is 0. The molecular formula is C15H33N3O2S. The highest BCUT2D eigenvalue weighted by Crippen LogP contribution is 2.18. The van der Waals surface area contributed by atoms with Crippen LogP contribution in [0.2, 0.25) is 0 Å². The van der Waals surface area contributed by atoms with E-state index >= 15 is 0 Å². The Morgan fingerprint density at radius 2 is 1.76 bits per heavy atom. The predicted octanol–water partition coefficient (Wildman–Crippen LogP) is 1.97. The van der Waals surface area contributed by atoms with Gasteiger partial charge in [-0.3, -0.25) is 0 Å². The van der Waals surface area contributed by atoms with Gasteiger partial charge in [0, 0.05) is 19.6 Å². The molecule has 1 rings (SSSR count). The zero-order valence-electron chi connectivity index (χ0n) is 13.9. The minimum Gasteiger partial charge on any atom is -0.316 e. The highest BCUT2D eigenvalue weighted by atomic mass is 32.2. The van der Waals surface area contributed by atoms with Crippen molar-refractivity contribution in [2.45, 2.75) is 52.9 Å². The summed E-state index contributed by atoms with van der Waals surface area (Å²) >= 11 is 0. The molecule has 2 N–H and O–H groups in total. The molecule has 6 heteroatoms. The SMILES string of the molecule is CCCNCC1CCN(S(=O)(=O)NCC(CC)CC)CC1. The standard InChI is InChI=1S/C15H33N3O2S/c1-4-9-16-12-15-7-10-18(11-8-15)21(19,20)17-13-14(5-2)6-3/h14-17H,4-13H2,1-3H3. The van der Waals surface area contributed by atoms with Crippen molar-refractivity contribution in [3.05, 3.63) is 0 Å². The summed E-state index contributed by atoms with van der Waals surface area (Å²) in [7, 11) is -3.28. The van der Waals surface area contributed by atoms with Gasteiger partial charge in [-0.05, 0) is 44.2 Å². The van der Waals surface area contributed by atoms with E-state index in [2.05, 4.69) is 30.8 Å². The first-order chi connectivity index (χ1) is 10.0. The fourth-order valence-corrected chi connectivity index (χ4v) is 4.05. The van der Waals surface area contributed by atoms with Gasteiger partial charge in [-0.1, -0.05) is 33.6 Å². The number of rotatable bonds is 10. The summed E-state index contributed by atoms with van der Waals surface area (Å²) in [5, 5.41) is 3.43. The molecule has 0 aromatic carbocycles. The van der Waals surface area contributed by atoms with Crippen LogP contribution in [0.25, 0.3) is 0 Å². The molecule has 1 saturated heterocycles. The second kappa shape index (κ2) is 9.77. The van der Waals surface area contributed by atoms with E-state index in [1.165, 1.54) is 0 Å². The van der Waals surface area contributed by atoms with E-state index in [1.807, 2.05) is 0 Å². The molecular weight excluding hydrogens is 286 g/mol. The molecule has 1 fully saturated rings. The van der Waals surface area contributed by atoms with E-state index in [9.17, 15) is 8.42 Å². The molecule has 0 bridgehead atoms. The Morgan fingerprint density at radius 1 is 1.14 bits per heavy atom. The third-order valence-corrected chi connectivity index (χ3v) is 6.06. The number of piperidine rings is 1. The molecule has 1 aliphatic rings. The van der Waals surface area contributed by atoms with Crippen LogP contribution in [-0.4, -0.2) is 45.4 Å². The summed E-state index contributed by atoms with van der Waals surface area (Å²) in [6, 6.07) is 0. The van der Waals surface area contributed by atoms with E-state index < -0.39 is 10.2 Å². The van der Waals surface area contributed by atoms with Gasteiger partial charge in [0.2, 0.25) is 0 Å². The Hall–Kier alpha value is -0.170.